The van der Waals surface area contributed by atoms with Crippen LogP contribution in [0.5, 0.6) is 0 Å². The average Bonchev–Trinajstić information content (AvgIpc) is 3.01. The van der Waals surface area contributed by atoms with Crippen molar-refractivity contribution in [2.45, 2.75) is 51.5 Å². The fourth-order valence-electron chi connectivity index (χ4n) is 3.82. The van der Waals surface area contributed by atoms with Gasteiger partial charge in [-0.25, -0.2) is 9.48 Å². The van der Waals surface area contributed by atoms with Crippen molar-refractivity contribution in [3.63, 3.8) is 0 Å². The molecule has 150 valence electrons. The average molecular weight is 384 g/mol. The summed E-state index contributed by atoms with van der Waals surface area (Å²) < 4.78 is 3.09. The quantitative estimate of drug-likeness (QED) is 0.717. The Kier molecular flexibility index (Phi) is 6.11. The van der Waals surface area contributed by atoms with Crippen molar-refractivity contribution in [1.29, 1.82) is 0 Å². The summed E-state index contributed by atoms with van der Waals surface area (Å²) >= 11 is 0. The predicted molar refractivity (Wildman–Crippen MR) is 106 cm³/mol. The smallest absolute Gasteiger partial charge is 0.342 e. The highest BCUT2D eigenvalue weighted by Crippen LogP contribution is 2.27. The second-order valence-electron chi connectivity index (χ2n) is 7.70. The van der Waals surface area contributed by atoms with Gasteiger partial charge < -0.3 is 4.90 Å². The molecule has 2 aromatic rings. The van der Waals surface area contributed by atoms with E-state index in [1.54, 1.807) is 23.7 Å². The summed E-state index contributed by atoms with van der Waals surface area (Å²) in [6.07, 6.45) is 2.19. The Bertz CT molecular complexity index is 898. The van der Waals surface area contributed by atoms with Crippen LogP contribution in [0.25, 0.3) is 0 Å². The minimum Gasteiger partial charge on any atom is -0.342 e. The van der Waals surface area contributed by atoms with Crippen LogP contribution in [0.15, 0.2) is 35.1 Å². The molecular weight excluding hydrogens is 356 g/mol. The maximum atomic E-state index is 12.7. The number of aromatic nitrogens is 3. The number of hydrogen-bond acceptors (Lipinski definition) is 4. The van der Waals surface area contributed by atoms with Crippen LogP contribution in [-0.2, 0) is 11.8 Å². The number of ketones is 1. The molecule has 1 saturated heterocycles. The van der Waals surface area contributed by atoms with Crippen molar-refractivity contribution in [2.24, 2.45) is 7.05 Å². The Morgan fingerprint density at radius 2 is 1.89 bits per heavy atom. The maximum Gasteiger partial charge on any atom is 0.345 e. The molecule has 1 atom stereocenters. The fourth-order valence-corrected chi connectivity index (χ4v) is 3.82. The minimum absolute atomic E-state index is 0.0108. The van der Waals surface area contributed by atoms with Crippen molar-refractivity contribution in [3.8, 4) is 0 Å². The SMILES string of the molecule is CC(C)n1c(C2CCCN(C(=O)CCC(=O)c3ccccc3)C2)nn(C)c1=O. The third kappa shape index (κ3) is 4.24. The zero-order valence-corrected chi connectivity index (χ0v) is 16.8. The summed E-state index contributed by atoms with van der Waals surface area (Å²) in [5.41, 5.74) is 0.517. The molecule has 7 heteroatoms. The van der Waals surface area contributed by atoms with E-state index in [2.05, 4.69) is 5.10 Å². The van der Waals surface area contributed by atoms with Gasteiger partial charge in [-0.05, 0) is 26.7 Å². The molecule has 1 unspecified atom stereocenters. The number of nitrogens with zero attached hydrogens (tertiary/aromatic N) is 4. The van der Waals surface area contributed by atoms with Crippen molar-refractivity contribution in [3.05, 3.63) is 52.2 Å². The molecule has 1 aliphatic rings. The molecule has 3 rings (SSSR count). The number of rotatable bonds is 6. The second-order valence-corrected chi connectivity index (χ2v) is 7.70. The lowest BCUT2D eigenvalue weighted by Crippen LogP contribution is -2.40. The molecule has 1 aromatic heterocycles. The molecule has 2 heterocycles. The highest BCUT2D eigenvalue weighted by atomic mass is 16.2. The van der Waals surface area contributed by atoms with Gasteiger partial charge in [-0.15, -0.1) is 0 Å². The summed E-state index contributed by atoms with van der Waals surface area (Å²) in [6, 6.07) is 9.08. The molecule has 0 saturated carbocycles. The molecule has 0 spiro atoms. The number of piperidine rings is 1. The van der Waals surface area contributed by atoms with Gasteiger partial charge in [0.25, 0.3) is 0 Å². The topological polar surface area (TPSA) is 77.2 Å². The van der Waals surface area contributed by atoms with Gasteiger partial charge in [0.1, 0.15) is 5.82 Å². The van der Waals surface area contributed by atoms with E-state index >= 15 is 0 Å². The molecule has 28 heavy (non-hydrogen) atoms. The van der Waals surface area contributed by atoms with Crippen LogP contribution in [0.4, 0.5) is 0 Å². The summed E-state index contributed by atoms with van der Waals surface area (Å²) in [4.78, 5) is 39.1. The van der Waals surface area contributed by atoms with Crippen LogP contribution in [0.2, 0.25) is 0 Å². The fraction of sp³-hybridized carbons (Fsp3) is 0.524. The van der Waals surface area contributed by atoms with Crippen molar-refractivity contribution < 1.29 is 9.59 Å². The van der Waals surface area contributed by atoms with Gasteiger partial charge in [-0.3, -0.25) is 14.2 Å². The minimum atomic E-state index is -0.123. The maximum absolute atomic E-state index is 12.7. The lowest BCUT2D eigenvalue weighted by Gasteiger charge is -2.32. The van der Waals surface area contributed by atoms with Crippen LogP contribution in [0.3, 0.4) is 0 Å². The monoisotopic (exact) mass is 384 g/mol. The Morgan fingerprint density at radius 3 is 2.57 bits per heavy atom. The van der Waals surface area contributed by atoms with E-state index in [1.165, 1.54) is 4.68 Å². The number of carbonyl (C=O) groups excluding carboxylic acids is 2. The van der Waals surface area contributed by atoms with E-state index in [0.29, 0.717) is 18.7 Å². The number of amides is 1. The number of hydrogen-bond donors (Lipinski definition) is 0. The van der Waals surface area contributed by atoms with Crippen LogP contribution >= 0.6 is 0 Å². The van der Waals surface area contributed by atoms with Gasteiger partial charge in [0.05, 0.1) is 0 Å². The first kappa shape index (κ1) is 20.0. The van der Waals surface area contributed by atoms with Gasteiger partial charge in [-0.2, -0.15) is 5.10 Å². The molecule has 1 amide bonds. The number of likely N-dealkylation sites (tertiary alicyclic amines) is 1. The van der Waals surface area contributed by atoms with E-state index in [-0.39, 0.29) is 42.2 Å². The molecule has 0 aliphatic carbocycles. The van der Waals surface area contributed by atoms with Crippen LogP contribution in [0, 0.1) is 0 Å². The zero-order valence-electron chi connectivity index (χ0n) is 16.8. The Balaban J connectivity index is 1.65. The number of aryl methyl sites for hydroxylation is 1. The lowest BCUT2D eigenvalue weighted by molar-refractivity contribution is -0.132. The number of Topliss-reactive ketones (excluding diaryl/α,β-unsaturated/α-hetero) is 1. The lowest BCUT2D eigenvalue weighted by atomic mass is 9.96. The number of carbonyl (C=O) groups is 2. The van der Waals surface area contributed by atoms with Gasteiger partial charge in [0.15, 0.2) is 5.78 Å². The van der Waals surface area contributed by atoms with Crippen LogP contribution < -0.4 is 5.69 Å². The third-order valence-corrected chi connectivity index (χ3v) is 5.30. The molecule has 0 radical (unpaired) electrons. The largest absolute Gasteiger partial charge is 0.345 e. The van der Waals surface area contributed by atoms with E-state index in [1.807, 2.05) is 36.9 Å². The molecule has 1 aromatic carbocycles. The molecule has 0 N–H and O–H groups in total. The second kappa shape index (κ2) is 8.54. The molecule has 1 aliphatic heterocycles. The van der Waals surface area contributed by atoms with Gasteiger partial charge in [0, 0.05) is 50.5 Å². The molecule has 1 fully saturated rings. The highest BCUT2D eigenvalue weighted by molar-refractivity contribution is 5.97. The highest BCUT2D eigenvalue weighted by Gasteiger charge is 2.29. The standard InChI is InChI=1S/C21H28N4O3/c1-15(2)25-20(22-23(3)21(25)28)17-10-7-13-24(14-17)19(27)12-11-18(26)16-8-5-4-6-9-16/h4-6,8-9,15,17H,7,10-14H2,1-3H3. The van der Waals surface area contributed by atoms with Crippen molar-refractivity contribution in [1.82, 2.24) is 19.2 Å². The Morgan fingerprint density at radius 1 is 1.18 bits per heavy atom. The van der Waals surface area contributed by atoms with Crippen LogP contribution in [0.1, 0.15) is 67.7 Å². The van der Waals surface area contributed by atoms with E-state index < -0.39 is 0 Å². The summed E-state index contributed by atoms with van der Waals surface area (Å²) in [6.45, 7) is 5.16. The predicted octanol–water partition coefficient (Wildman–Crippen LogP) is 2.53. The van der Waals surface area contributed by atoms with E-state index in [0.717, 1.165) is 18.7 Å². The van der Waals surface area contributed by atoms with E-state index in [4.69, 9.17) is 0 Å². The first-order valence-corrected chi connectivity index (χ1v) is 9.90. The van der Waals surface area contributed by atoms with Crippen molar-refractivity contribution >= 4 is 11.7 Å². The third-order valence-electron chi connectivity index (χ3n) is 5.30. The normalized spacial score (nSPS) is 17.1. The first-order valence-electron chi connectivity index (χ1n) is 9.90. The Hall–Kier alpha value is -2.70. The molecule has 0 bridgehead atoms. The summed E-state index contributed by atoms with van der Waals surface area (Å²) in [5.74, 6) is 0.767. The van der Waals surface area contributed by atoms with Gasteiger partial charge in [0.2, 0.25) is 5.91 Å². The number of benzene rings is 1. The molecular formula is C21H28N4O3. The van der Waals surface area contributed by atoms with Gasteiger partial charge >= 0.3 is 5.69 Å². The Labute approximate surface area is 165 Å². The molecule has 7 nitrogen and oxygen atoms in total. The first-order chi connectivity index (χ1) is 13.4. The summed E-state index contributed by atoms with van der Waals surface area (Å²) in [5, 5.41) is 4.44. The van der Waals surface area contributed by atoms with Crippen LogP contribution in [-0.4, -0.2) is 44.0 Å². The summed E-state index contributed by atoms with van der Waals surface area (Å²) in [7, 11) is 1.66. The van der Waals surface area contributed by atoms with Crippen molar-refractivity contribution in [2.75, 3.05) is 13.1 Å². The zero-order chi connectivity index (χ0) is 20.3. The van der Waals surface area contributed by atoms with Gasteiger partial charge in [-0.1, -0.05) is 30.3 Å². The van der Waals surface area contributed by atoms with E-state index in [9.17, 15) is 14.4 Å².